The fourth-order valence-corrected chi connectivity index (χ4v) is 1.94. The van der Waals surface area contributed by atoms with Crippen LogP contribution in [0.3, 0.4) is 0 Å². The second-order valence-electron chi connectivity index (χ2n) is 5.90. The van der Waals surface area contributed by atoms with E-state index in [1.54, 1.807) is 26.8 Å². The first-order valence-electron chi connectivity index (χ1n) is 7.68. The lowest BCUT2D eigenvalue weighted by Gasteiger charge is -2.18. The molecule has 0 aliphatic rings. The largest absolute Gasteiger partial charge is 0.573 e. The normalized spacial score (nSPS) is 13.4. The van der Waals surface area contributed by atoms with Crippen LogP contribution in [0.1, 0.15) is 32.4 Å². The van der Waals surface area contributed by atoms with Crippen LogP contribution in [0.5, 0.6) is 5.75 Å². The Morgan fingerprint density at radius 3 is 2.38 bits per heavy atom. The van der Waals surface area contributed by atoms with Crippen molar-refractivity contribution in [1.82, 2.24) is 10.6 Å². The maximum Gasteiger partial charge on any atom is 0.573 e. The molecule has 1 aromatic rings. The Balaban J connectivity index is 0.00000625. The zero-order chi connectivity index (χ0) is 19.2. The summed E-state index contributed by atoms with van der Waals surface area (Å²) in [6.07, 6.45) is -4.79. The topological polar surface area (TPSA) is 93.5 Å². The number of halogens is 4. The van der Waals surface area contributed by atoms with Crippen LogP contribution in [-0.2, 0) is 9.59 Å². The zero-order valence-electron chi connectivity index (χ0n) is 14.6. The number of carbonyl (C=O) groups is 2. The second-order valence-corrected chi connectivity index (χ2v) is 5.90. The number of rotatable bonds is 7. The van der Waals surface area contributed by atoms with Crippen LogP contribution >= 0.6 is 12.4 Å². The maximum absolute atomic E-state index is 12.2. The zero-order valence-corrected chi connectivity index (χ0v) is 15.4. The highest BCUT2D eigenvalue weighted by molar-refractivity contribution is 5.87. The first-order valence-corrected chi connectivity index (χ1v) is 7.68. The minimum Gasteiger partial charge on any atom is -0.406 e. The molecule has 4 N–H and O–H groups in total. The molecule has 0 saturated heterocycles. The number of benzene rings is 1. The number of carbonyl (C=O) groups excluding carboxylic acids is 2. The van der Waals surface area contributed by atoms with Crippen LogP contribution < -0.4 is 21.1 Å². The van der Waals surface area contributed by atoms with E-state index in [0.717, 1.165) is 0 Å². The van der Waals surface area contributed by atoms with E-state index in [4.69, 9.17) is 5.73 Å². The Labute approximate surface area is 156 Å². The second kappa shape index (κ2) is 10.2. The fraction of sp³-hybridized carbons (Fsp3) is 0.500. The first kappa shape index (κ1) is 24.0. The van der Waals surface area contributed by atoms with E-state index < -0.39 is 30.3 Å². The number of nitrogens with one attached hydrogen (secondary N) is 2. The van der Waals surface area contributed by atoms with E-state index in [9.17, 15) is 22.8 Å². The summed E-state index contributed by atoms with van der Waals surface area (Å²) >= 11 is 0. The van der Waals surface area contributed by atoms with Crippen LogP contribution in [0.2, 0.25) is 0 Å². The quantitative estimate of drug-likeness (QED) is 0.658. The van der Waals surface area contributed by atoms with Crippen molar-refractivity contribution < 1.29 is 27.5 Å². The van der Waals surface area contributed by atoms with Gasteiger partial charge in [0.25, 0.3) is 0 Å². The van der Waals surface area contributed by atoms with Gasteiger partial charge in [0.1, 0.15) is 5.75 Å². The molecule has 0 aliphatic carbocycles. The summed E-state index contributed by atoms with van der Waals surface area (Å²) in [7, 11) is 0. The number of hydrogen-bond acceptors (Lipinski definition) is 4. The highest BCUT2D eigenvalue weighted by Gasteiger charge is 2.31. The molecule has 0 spiro atoms. The number of ether oxygens (including phenoxy) is 1. The van der Waals surface area contributed by atoms with Gasteiger partial charge in [0.15, 0.2) is 0 Å². The van der Waals surface area contributed by atoms with Gasteiger partial charge in [-0.2, -0.15) is 0 Å². The molecule has 0 radical (unpaired) electrons. The number of alkyl halides is 3. The van der Waals surface area contributed by atoms with E-state index in [0.29, 0.717) is 5.56 Å². The summed E-state index contributed by atoms with van der Waals surface area (Å²) in [6.45, 7) is 4.89. The summed E-state index contributed by atoms with van der Waals surface area (Å²) in [5.74, 6) is -1.38. The van der Waals surface area contributed by atoms with Gasteiger partial charge in [-0.15, -0.1) is 25.6 Å². The summed E-state index contributed by atoms with van der Waals surface area (Å²) in [5, 5.41) is 4.99. The van der Waals surface area contributed by atoms with Gasteiger partial charge in [-0.05, 0) is 30.5 Å². The van der Waals surface area contributed by atoms with Crippen molar-refractivity contribution in [2.45, 2.75) is 39.2 Å². The average molecular weight is 398 g/mol. The molecule has 2 amide bonds. The van der Waals surface area contributed by atoms with Gasteiger partial charge in [0.05, 0.1) is 18.6 Å². The molecule has 1 aromatic carbocycles. The maximum atomic E-state index is 12.2. The molecule has 26 heavy (non-hydrogen) atoms. The van der Waals surface area contributed by atoms with Crippen LogP contribution in [0, 0.1) is 5.92 Å². The molecule has 10 heteroatoms. The smallest absolute Gasteiger partial charge is 0.406 e. The van der Waals surface area contributed by atoms with E-state index in [2.05, 4.69) is 15.4 Å². The standard InChI is InChI=1S/C16H22F3N3O3.ClH/c1-9(2)14(20)15(24)21-8-13(23)22-10(3)11-5-4-6-12(7-11)25-16(17,18)19;/h4-7,9-10,14H,8,20H2,1-3H3,(H,21,24)(H,22,23);1H/t10?,14-;/m0./s1. The fourth-order valence-electron chi connectivity index (χ4n) is 1.94. The van der Waals surface area contributed by atoms with Gasteiger partial charge in [0, 0.05) is 0 Å². The van der Waals surface area contributed by atoms with E-state index in [1.165, 1.54) is 18.2 Å². The van der Waals surface area contributed by atoms with Crippen LogP contribution in [0.15, 0.2) is 24.3 Å². The van der Waals surface area contributed by atoms with Crippen molar-refractivity contribution in [2.75, 3.05) is 6.54 Å². The lowest BCUT2D eigenvalue weighted by Crippen LogP contribution is -2.47. The van der Waals surface area contributed by atoms with E-state index in [1.807, 2.05) is 0 Å². The average Bonchev–Trinajstić information content (AvgIpc) is 2.50. The number of amides is 2. The number of hydrogen-bond donors (Lipinski definition) is 3. The van der Waals surface area contributed by atoms with E-state index >= 15 is 0 Å². The van der Waals surface area contributed by atoms with Gasteiger partial charge >= 0.3 is 6.36 Å². The van der Waals surface area contributed by atoms with Crippen molar-refractivity contribution in [3.05, 3.63) is 29.8 Å². The Bertz CT molecular complexity index is 612. The highest BCUT2D eigenvalue weighted by atomic mass is 35.5. The third kappa shape index (κ3) is 8.39. The minimum atomic E-state index is -4.79. The van der Waals surface area contributed by atoms with Crippen molar-refractivity contribution >= 4 is 24.2 Å². The van der Waals surface area contributed by atoms with Gasteiger partial charge in [-0.3, -0.25) is 9.59 Å². The van der Waals surface area contributed by atoms with Crippen molar-refractivity contribution in [3.63, 3.8) is 0 Å². The molecule has 0 fully saturated rings. The molecule has 0 heterocycles. The molecule has 148 valence electrons. The molecule has 2 atom stereocenters. The molecule has 0 aliphatic heterocycles. The third-order valence-electron chi connectivity index (χ3n) is 3.41. The molecular weight excluding hydrogens is 375 g/mol. The monoisotopic (exact) mass is 397 g/mol. The third-order valence-corrected chi connectivity index (χ3v) is 3.41. The van der Waals surface area contributed by atoms with Crippen molar-refractivity contribution in [1.29, 1.82) is 0 Å². The molecule has 0 bridgehead atoms. The van der Waals surface area contributed by atoms with Crippen LogP contribution in [0.4, 0.5) is 13.2 Å². The van der Waals surface area contributed by atoms with Gasteiger partial charge in [-0.25, -0.2) is 0 Å². The summed E-state index contributed by atoms with van der Waals surface area (Å²) in [6, 6.07) is 4.01. The SMILES string of the molecule is CC(NC(=O)CNC(=O)[C@@H](N)C(C)C)c1cccc(OC(F)(F)F)c1.Cl. The molecular formula is C16H23ClF3N3O3. The summed E-state index contributed by atoms with van der Waals surface area (Å²) in [4.78, 5) is 23.5. The Morgan fingerprint density at radius 1 is 1.23 bits per heavy atom. The van der Waals surface area contributed by atoms with Gasteiger partial charge in [-0.1, -0.05) is 26.0 Å². The van der Waals surface area contributed by atoms with Crippen molar-refractivity contribution in [3.8, 4) is 5.75 Å². The Hall–Kier alpha value is -2.00. The Kier molecular flexibility index (Phi) is 9.44. The lowest BCUT2D eigenvalue weighted by atomic mass is 10.1. The molecule has 1 rings (SSSR count). The lowest BCUT2D eigenvalue weighted by molar-refractivity contribution is -0.274. The predicted octanol–water partition coefficient (Wildman–Crippen LogP) is 2.28. The summed E-state index contributed by atoms with van der Waals surface area (Å²) in [5.41, 5.74) is 6.09. The molecule has 1 unspecified atom stereocenters. The van der Waals surface area contributed by atoms with Crippen LogP contribution in [0.25, 0.3) is 0 Å². The van der Waals surface area contributed by atoms with E-state index in [-0.39, 0.29) is 30.6 Å². The number of nitrogens with two attached hydrogens (primary N) is 1. The van der Waals surface area contributed by atoms with Gasteiger partial charge < -0.3 is 21.1 Å². The predicted molar refractivity (Wildman–Crippen MR) is 92.8 cm³/mol. The molecule has 0 saturated carbocycles. The first-order chi connectivity index (χ1) is 11.5. The Morgan fingerprint density at radius 2 is 1.85 bits per heavy atom. The highest BCUT2D eigenvalue weighted by Crippen LogP contribution is 2.25. The van der Waals surface area contributed by atoms with Gasteiger partial charge in [0.2, 0.25) is 11.8 Å². The van der Waals surface area contributed by atoms with Crippen molar-refractivity contribution in [2.24, 2.45) is 11.7 Å². The molecule has 6 nitrogen and oxygen atoms in total. The van der Waals surface area contributed by atoms with Crippen LogP contribution in [-0.4, -0.2) is 30.8 Å². The summed E-state index contributed by atoms with van der Waals surface area (Å²) < 4.78 is 40.6. The minimum absolute atomic E-state index is 0. The molecule has 0 aromatic heterocycles.